The zero-order valence-corrected chi connectivity index (χ0v) is 14.1. The van der Waals surface area contributed by atoms with Gasteiger partial charge in [-0.05, 0) is 32.4 Å². The number of aromatic nitrogens is 1. The molecule has 1 aromatic heterocycles. The van der Waals surface area contributed by atoms with Crippen molar-refractivity contribution in [1.82, 2.24) is 9.88 Å². The molecule has 0 saturated carbocycles. The number of hydrogen-bond donors (Lipinski definition) is 1. The molecule has 2 rings (SSSR count). The van der Waals surface area contributed by atoms with E-state index in [0.29, 0.717) is 5.92 Å². The van der Waals surface area contributed by atoms with E-state index in [1.165, 1.54) is 5.01 Å². The maximum Gasteiger partial charge on any atom is 0.309 e. The van der Waals surface area contributed by atoms with Crippen LogP contribution in [0.2, 0.25) is 0 Å². The van der Waals surface area contributed by atoms with Gasteiger partial charge in [0.25, 0.3) is 0 Å². The van der Waals surface area contributed by atoms with Crippen LogP contribution in [0.25, 0.3) is 0 Å². The molecule has 0 spiro atoms. The fourth-order valence-corrected chi connectivity index (χ4v) is 3.90. The number of carboxylic acids is 1. The first-order chi connectivity index (χ1) is 9.97. The van der Waals surface area contributed by atoms with E-state index in [1.807, 2.05) is 0 Å². The molecule has 0 atom stereocenters. The van der Waals surface area contributed by atoms with Crippen LogP contribution in [0.1, 0.15) is 63.1 Å². The summed E-state index contributed by atoms with van der Waals surface area (Å²) in [6.07, 6.45) is 3.26. The number of carboxylic acid groups (broad SMARTS) is 1. The minimum absolute atomic E-state index is 0.481. The predicted octanol–water partition coefficient (Wildman–Crippen LogP) is 3.73. The molecule has 21 heavy (non-hydrogen) atoms. The van der Waals surface area contributed by atoms with Gasteiger partial charge in [-0.1, -0.05) is 27.2 Å². The minimum atomic E-state index is -0.611. The zero-order chi connectivity index (χ0) is 15.5. The normalized spacial score (nSPS) is 19.0. The van der Waals surface area contributed by atoms with Crippen LogP contribution >= 0.6 is 11.3 Å². The first-order valence-corrected chi connectivity index (χ1v) is 8.75. The fourth-order valence-electron chi connectivity index (χ4n) is 3.08. The Morgan fingerprint density at radius 3 is 2.62 bits per heavy atom. The molecular formula is C16H26N2O2S. The Kier molecular flexibility index (Phi) is 5.38. The van der Waals surface area contributed by atoms with Crippen molar-refractivity contribution in [1.29, 1.82) is 0 Å². The second-order valence-electron chi connectivity index (χ2n) is 6.44. The monoisotopic (exact) mass is 310 g/mol. The van der Waals surface area contributed by atoms with Gasteiger partial charge in [0.15, 0.2) is 0 Å². The molecule has 2 heterocycles. The molecule has 0 aliphatic carbocycles. The molecule has 1 saturated heterocycles. The van der Waals surface area contributed by atoms with Crippen molar-refractivity contribution >= 4 is 17.3 Å². The van der Waals surface area contributed by atoms with Crippen molar-refractivity contribution < 1.29 is 9.90 Å². The van der Waals surface area contributed by atoms with Crippen LogP contribution in [0, 0.1) is 5.41 Å². The maximum absolute atomic E-state index is 11.6. The molecular weight excluding hydrogens is 284 g/mol. The number of likely N-dealkylation sites (tertiary alicyclic amines) is 1. The van der Waals surface area contributed by atoms with E-state index in [-0.39, 0.29) is 0 Å². The van der Waals surface area contributed by atoms with Gasteiger partial charge in [0.1, 0.15) is 0 Å². The van der Waals surface area contributed by atoms with Crippen LogP contribution in [0.15, 0.2) is 5.38 Å². The lowest BCUT2D eigenvalue weighted by atomic mass is 9.75. The highest BCUT2D eigenvalue weighted by molar-refractivity contribution is 7.09. The van der Waals surface area contributed by atoms with Gasteiger partial charge in [0, 0.05) is 17.8 Å². The van der Waals surface area contributed by atoms with Gasteiger partial charge in [0.2, 0.25) is 0 Å². The third kappa shape index (κ3) is 3.83. The van der Waals surface area contributed by atoms with Gasteiger partial charge < -0.3 is 5.11 Å². The summed E-state index contributed by atoms with van der Waals surface area (Å²) in [7, 11) is 0. The van der Waals surface area contributed by atoms with Gasteiger partial charge in [-0.25, -0.2) is 4.98 Å². The molecule has 118 valence electrons. The third-order valence-electron chi connectivity index (χ3n) is 4.44. The Morgan fingerprint density at radius 2 is 2.14 bits per heavy atom. The van der Waals surface area contributed by atoms with E-state index >= 15 is 0 Å². The second kappa shape index (κ2) is 6.88. The van der Waals surface area contributed by atoms with Gasteiger partial charge >= 0.3 is 5.97 Å². The Hall–Kier alpha value is -0.940. The molecule has 4 nitrogen and oxygen atoms in total. The smallest absolute Gasteiger partial charge is 0.309 e. The Morgan fingerprint density at radius 1 is 1.48 bits per heavy atom. The molecule has 0 unspecified atom stereocenters. The number of rotatable bonds is 6. The topological polar surface area (TPSA) is 53.4 Å². The second-order valence-corrected chi connectivity index (χ2v) is 7.33. The summed E-state index contributed by atoms with van der Waals surface area (Å²) in [6, 6.07) is 0. The predicted molar refractivity (Wildman–Crippen MR) is 85.7 cm³/mol. The van der Waals surface area contributed by atoms with Gasteiger partial charge in [-0.15, -0.1) is 11.3 Å². The van der Waals surface area contributed by atoms with Crippen LogP contribution in [0.5, 0.6) is 0 Å². The number of aliphatic carboxylic acids is 1. The van der Waals surface area contributed by atoms with E-state index in [2.05, 4.69) is 36.0 Å². The molecule has 0 bridgehead atoms. The van der Waals surface area contributed by atoms with Gasteiger partial charge in [0.05, 0.1) is 16.1 Å². The Bertz CT molecular complexity index is 476. The van der Waals surface area contributed by atoms with Gasteiger partial charge in [-0.2, -0.15) is 0 Å². The summed E-state index contributed by atoms with van der Waals surface area (Å²) in [4.78, 5) is 18.6. The SMILES string of the molecule is CCCC1(C(=O)O)CCN(Cc2csc(C(C)C)n2)CC1. The minimum Gasteiger partial charge on any atom is -0.481 e. The van der Waals surface area contributed by atoms with Crippen LogP contribution < -0.4 is 0 Å². The van der Waals surface area contributed by atoms with Crippen molar-refractivity contribution in [2.45, 2.75) is 58.9 Å². The summed E-state index contributed by atoms with van der Waals surface area (Å²) < 4.78 is 0. The van der Waals surface area contributed by atoms with Crippen molar-refractivity contribution in [3.63, 3.8) is 0 Å². The molecule has 5 heteroatoms. The maximum atomic E-state index is 11.6. The molecule has 1 aliphatic rings. The van der Waals surface area contributed by atoms with Crippen molar-refractivity contribution in [3.8, 4) is 0 Å². The molecule has 0 aromatic carbocycles. The average molecular weight is 310 g/mol. The van der Waals surface area contributed by atoms with E-state index in [0.717, 1.165) is 51.0 Å². The quantitative estimate of drug-likeness (QED) is 0.870. The highest BCUT2D eigenvalue weighted by Crippen LogP contribution is 2.37. The van der Waals surface area contributed by atoms with Crippen LogP contribution in [0.4, 0.5) is 0 Å². The highest BCUT2D eigenvalue weighted by atomic mass is 32.1. The first kappa shape index (κ1) is 16.4. The lowest BCUT2D eigenvalue weighted by Gasteiger charge is -2.38. The van der Waals surface area contributed by atoms with Crippen molar-refractivity contribution in [2.24, 2.45) is 5.41 Å². The van der Waals surface area contributed by atoms with Crippen LogP contribution in [0.3, 0.4) is 0 Å². The van der Waals surface area contributed by atoms with E-state index in [9.17, 15) is 9.90 Å². The fraction of sp³-hybridized carbons (Fsp3) is 0.750. The van der Waals surface area contributed by atoms with Crippen LogP contribution in [-0.2, 0) is 11.3 Å². The number of nitrogens with zero attached hydrogens (tertiary/aromatic N) is 2. The van der Waals surface area contributed by atoms with Crippen LogP contribution in [-0.4, -0.2) is 34.0 Å². The van der Waals surface area contributed by atoms with E-state index < -0.39 is 11.4 Å². The third-order valence-corrected chi connectivity index (χ3v) is 5.64. The summed E-state index contributed by atoms with van der Waals surface area (Å²) in [5.74, 6) is -0.130. The molecule has 1 N–H and O–H groups in total. The largest absolute Gasteiger partial charge is 0.481 e. The van der Waals surface area contributed by atoms with Crippen molar-refractivity contribution in [2.75, 3.05) is 13.1 Å². The standard InChI is InChI=1S/C16H26N2O2S/c1-4-5-16(15(19)20)6-8-18(9-7-16)10-13-11-21-14(17-13)12(2)3/h11-12H,4-10H2,1-3H3,(H,19,20). The summed E-state index contributed by atoms with van der Waals surface area (Å²) in [6.45, 7) is 8.97. The molecule has 1 fully saturated rings. The van der Waals surface area contributed by atoms with E-state index in [1.54, 1.807) is 11.3 Å². The first-order valence-electron chi connectivity index (χ1n) is 7.87. The van der Waals surface area contributed by atoms with E-state index in [4.69, 9.17) is 0 Å². The lowest BCUT2D eigenvalue weighted by molar-refractivity contribution is -0.152. The Balaban J connectivity index is 1.92. The molecule has 1 aliphatic heterocycles. The van der Waals surface area contributed by atoms with Crippen molar-refractivity contribution in [3.05, 3.63) is 16.1 Å². The molecule has 0 amide bonds. The summed E-state index contributed by atoms with van der Waals surface area (Å²) in [5, 5.41) is 12.9. The molecule has 0 radical (unpaired) electrons. The summed E-state index contributed by atoms with van der Waals surface area (Å²) >= 11 is 1.73. The zero-order valence-electron chi connectivity index (χ0n) is 13.3. The molecule has 1 aromatic rings. The van der Waals surface area contributed by atoms with Gasteiger partial charge in [-0.3, -0.25) is 9.69 Å². The number of thiazole rings is 1. The lowest BCUT2D eigenvalue weighted by Crippen LogP contribution is -2.44. The Labute approximate surface area is 131 Å². The number of hydrogen-bond acceptors (Lipinski definition) is 4. The number of carbonyl (C=O) groups is 1. The average Bonchev–Trinajstić information content (AvgIpc) is 2.90. The number of piperidine rings is 1. The highest BCUT2D eigenvalue weighted by Gasteiger charge is 2.40. The summed E-state index contributed by atoms with van der Waals surface area (Å²) in [5.41, 5.74) is 0.637.